The molecule has 4 nitrogen and oxygen atoms in total. The highest BCUT2D eigenvalue weighted by Crippen LogP contribution is 2.27. The topological polar surface area (TPSA) is 55.6 Å². The van der Waals surface area contributed by atoms with Gasteiger partial charge in [0, 0.05) is 24.7 Å². The molecule has 0 aliphatic carbocycles. The van der Waals surface area contributed by atoms with Crippen molar-refractivity contribution in [2.75, 3.05) is 13.1 Å². The number of ether oxygens (including phenoxy) is 1. The summed E-state index contributed by atoms with van der Waals surface area (Å²) in [5.41, 5.74) is 6.89. The Kier molecular flexibility index (Phi) is 5.71. The van der Waals surface area contributed by atoms with E-state index in [0.29, 0.717) is 11.7 Å². The Balaban J connectivity index is 1.76. The average Bonchev–Trinajstić information content (AvgIpc) is 2.67. The molecule has 132 valence electrons. The van der Waals surface area contributed by atoms with E-state index in [1.807, 2.05) is 72.5 Å². The fourth-order valence-corrected chi connectivity index (χ4v) is 3.34. The van der Waals surface area contributed by atoms with Crippen LogP contribution >= 0.6 is 0 Å². The second-order valence-corrected chi connectivity index (χ2v) is 6.74. The lowest BCUT2D eigenvalue weighted by molar-refractivity contribution is -0.140. The fourth-order valence-electron chi connectivity index (χ4n) is 3.34. The minimum Gasteiger partial charge on any atom is -0.476 e. The Labute approximate surface area is 149 Å². The molecule has 0 saturated carbocycles. The van der Waals surface area contributed by atoms with Crippen LogP contribution in [0.5, 0.6) is 5.75 Å². The number of amides is 1. The summed E-state index contributed by atoms with van der Waals surface area (Å²) in [5, 5.41) is 0. The number of piperidine rings is 1. The van der Waals surface area contributed by atoms with Crippen molar-refractivity contribution in [3.8, 4) is 5.75 Å². The SMILES string of the molecule is CC(N)C1CCN(C(=O)C(Oc2ccccc2)c2ccccc2)CC1. The molecule has 2 aromatic rings. The van der Waals surface area contributed by atoms with Gasteiger partial charge in [-0.25, -0.2) is 0 Å². The van der Waals surface area contributed by atoms with E-state index in [1.54, 1.807) is 0 Å². The highest BCUT2D eigenvalue weighted by molar-refractivity contribution is 5.82. The third-order valence-corrected chi connectivity index (χ3v) is 4.92. The standard InChI is InChI=1S/C21H26N2O2/c1-16(22)17-12-14-23(15-13-17)21(24)20(18-8-4-2-5-9-18)25-19-10-6-3-7-11-19/h2-11,16-17,20H,12-15,22H2,1H3. The van der Waals surface area contributed by atoms with Crippen molar-refractivity contribution in [2.45, 2.75) is 31.9 Å². The molecule has 2 atom stereocenters. The molecular weight excluding hydrogens is 312 g/mol. The van der Waals surface area contributed by atoms with Gasteiger partial charge in [0.05, 0.1) is 0 Å². The van der Waals surface area contributed by atoms with Crippen LogP contribution in [0.15, 0.2) is 60.7 Å². The van der Waals surface area contributed by atoms with Gasteiger partial charge in [0.25, 0.3) is 5.91 Å². The Morgan fingerprint density at radius 3 is 2.16 bits per heavy atom. The maximum absolute atomic E-state index is 13.1. The number of carbonyl (C=O) groups is 1. The van der Waals surface area contributed by atoms with Crippen LogP contribution in [-0.4, -0.2) is 29.9 Å². The molecule has 2 aromatic carbocycles. The van der Waals surface area contributed by atoms with E-state index >= 15 is 0 Å². The quantitative estimate of drug-likeness (QED) is 0.909. The third kappa shape index (κ3) is 4.40. The summed E-state index contributed by atoms with van der Waals surface area (Å²) in [4.78, 5) is 15.1. The van der Waals surface area contributed by atoms with Gasteiger partial charge in [-0.15, -0.1) is 0 Å². The van der Waals surface area contributed by atoms with Crippen LogP contribution in [0.4, 0.5) is 0 Å². The summed E-state index contributed by atoms with van der Waals surface area (Å²) < 4.78 is 6.07. The monoisotopic (exact) mass is 338 g/mol. The van der Waals surface area contributed by atoms with E-state index in [1.165, 1.54) is 0 Å². The first-order chi connectivity index (χ1) is 12.1. The Bertz CT molecular complexity index is 665. The molecule has 0 spiro atoms. The molecular formula is C21H26N2O2. The molecule has 1 aliphatic rings. The molecule has 1 amide bonds. The second kappa shape index (κ2) is 8.17. The van der Waals surface area contributed by atoms with Crippen molar-refractivity contribution in [1.29, 1.82) is 0 Å². The first-order valence-corrected chi connectivity index (χ1v) is 8.96. The number of carbonyl (C=O) groups excluding carboxylic acids is 1. The van der Waals surface area contributed by atoms with Gasteiger partial charge in [-0.2, -0.15) is 0 Å². The van der Waals surface area contributed by atoms with Gasteiger partial charge in [0.1, 0.15) is 5.75 Å². The molecule has 1 heterocycles. The summed E-state index contributed by atoms with van der Waals surface area (Å²) in [6.07, 6.45) is 1.29. The van der Waals surface area contributed by atoms with Gasteiger partial charge in [-0.1, -0.05) is 48.5 Å². The maximum atomic E-state index is 13.1. The van der Waals surface area contributed by atoms with Crippen LogP contribution in [0.2, 0.25) is 0 Å². The van der Waals surface area contributed by atoms with Gasteiger partial charge >= 0.3 is 0 Å². The molecule has 0 bridgehead atoms. The summed E-state index contributed by atoms with van der Waals surface area (Å²) in [5.74, 6) is 1.22. The van der Waals surface area contributed by atoms with Gasteiger partial charge < -0.3 is 15.4 Å². The number of hydrogen-bond acceptors (Lipinski definition) is 3. The van der Waals surface area contributed by atoms with Crippen LogP contribution < -0.4 is 10.5 Å². The van der Waals surface area contributed by atoms with Crippen LogP contribution in [0.3, 0.4) is 0 Å². The number of likely N-dealkylation sites (tertiary alicyclic amines) is 1. The molecule has 1 fully saturated rings. The van der Waals surface area contributed by atoms with Gasteiger partial charge in [0.2, 0.25) is 6.10 Å². The summed E-state index contributed by atoms with van der Waals surface area (Å²) in [6, 6.07) is 19.4. The van der Waals surface area contributed by atoms with Crippen LogP contribution in [0, 0.1) is 5.92 Å². The second-order valence-electron chi connectivity index (χ2n) is 6.74. The van der Waals surface area contributed by atoms with Crippen molar-refractivity contribution in [3.63, 3.8) is 0 Å². The van der Waals surface area contributed by atoms with Crippen LogP contribution in [-0.2, 0) is 4.79 Å². The highest BCUT2D eigenvalue weighted by atomic mass is 16.5. The summed E-state index contributed by atoms with van der Waals surface area (Å²) in [6.45, 7) is 3.53. The molecule has 4 heteroatoms. The molecule has 1 saturated heterocycles. The number of para-hydroxylation sites is 1. The zero-order valence-electron chi connectivity index (χ0n) is 14.7. The van der Waals surface area contributed by atoms with Crippen molar-refractivity contribution in [3.05, 3.63) is 66.2 Å². The molecule has 1 aliphatic heterocycles. The van der Waals surface area contributed by atoms with Gasteiger partial charge in [0.15, 0.2) is 0 Å². The van der Waals surface area contributed by atoms with E-state index < -0.39 is 6.10 Å². The van der Waals surface area contributed by atoms with E-state index in [4.69, 9.17) is 10.5 Å². The molecule has 2 N–H and O–H groups in total. The molecule has 0 radical (unpaired) electrons. The number of nitrogens with zero attached hydrogens (tertiary/aromatic N) is 1. The van der Waals surface area contributed by atoms with E-state index in [9.17, 15) is 4.79 Å². The Hall–Kier alpha value is -2.33. The van der Waals surface area contributed by atoms with E-state index in [0.717, 1.165) is 31.5 Å². The summed E-state index contributed by atoms with van der Waals surface area (Å²) in [7, 11) is 0. The van der Waals surface area contributed by atoms with E-state index in [-0.39, 0.29) is 11.9 Å². The number of hydrogen-bond donors (Lipinski definition) is 1. The van der Waals surface area contributed by atoms with Crippen molar-refractivity contribution < 1.29 is 9.53 Å². The Morgan fingerprint density at radius 2 is 1.60 bits per heavy atom. The summed E-state index contributed by atoms with van der Waals surface area (Å²) >= 11 is 0. The lowest BCUT2D eigenvalue weighted by Gasteiger charge is -2.35. The van der Waals surface area contributed by atoms with Crippen molar-refractivity contribution in [1.82, 2.24) is 4.90 Å². The maximum Gasteiger partial charge on any atom is 0.268 e. The number of benzene rings is 2. The minimum atomic E-state index is -0.615. The smallest absolute Gasteiger partial charge is 0.268 e. The predicted molar refractivity (Wildman–Crippen MR) is 99.2 cm³/mol. The molecule has 2 unspecified atom stereocenters. The lowest BCUT2D eigenvalue weighted by Crippen LogP contribution is -2.45. The zero-order valence-corrected chi connectivity index (χ0v) is 14.7. The first-order valence-electron chi connectivity index (χ1n) is 8.96. The zero-order chi connectivity index (χ0) is 17.6. The van der Waals surface area contributed by atoms with Crippen LogP contribution in [0.1, 0.15) is 31.4 Å². The molecule has 25 heavy (non-hydrogen) atoms. The van der Waals surface area contributed by atoms with Gasteiger partial charge in [-0.05, 0) is 37.8 Å². The fraction of sp³-hybridized carbons (Fsp3) is 0.381. The predicted octanol–water partition coefficient (Wildman–Crippen LogP) is 3.39. The number of rotatable bonds is 5. The average molecular weight is 338 g/mol. The van der Waals surface area contributed by atoms with Crippen molar-refractivity contribution in [2.24, 2.45) is 11.7 Å². The normalized spacial score (nSPS) is 17.8. The Morgan fingerprint density at radius 1 is 1.04 bits per heavy atom. The molecule has 3 rings (SSSR count). The number of nitrogens with two attached hydrogens (primary N) is 1. The minimum absolute atomic E-state index is 0.0261. The first kappa shape index (κ1) is 17.5. The highest BCUT2D eigenvalue weighted by Gasteiger charge is 2.31. The van der Waals surface area contributed by atoms with Crippen LogP contribution in [0.25, 0.3) is 0 Å². The lowest BCUT2D eigenvalue weighted by atomic mass is 9.90. The largest absolute Gasteiger partial charge is 0.476 e. The van der Waals surface area contributed by atoms with Gasteiger partial charge in [-0.3, -0.25) is 4.79 Å². The van der Waals surface area contributed by atoms with Crippen molar-refractivity contribution >= 4 is 5.91 Å². The molecule has 0 aromatic heterocycles. The van der Waals surface area contributed by atoms with E-state index in [2.05, 4.69) is 0 Å². The third-order valence-electron chi connectivity index (χ3n) is 4.92.